The monoisotopic (exact) mass is 289 g/mol. The molecule has 0 aromatic carbocycles. The van der Waals surface area contributed by atoms with Gasteiger partial charge in [0, 0.05) is 5.54 Å². The Labute approximate surface area is 124 Å². The summed E-state index contributed by atoms with van der Waals surface area (Å²) in [7, 11) is 0. The van der Waals surface area contributed by atoms with Crippen molar-refractivity contribution in [3.63, 3.8) is 0 Å². The van der Waals surface area contributed by atoms with E-state index in [1.54, 1.807) is 0 Å². The number of ether oxygens (including phenoxy) is 1. The first-order valence-electron chi connectivity index (χ1n) is 8.81. The Hall–Kier alpha value is -0.610. The Balaban J connectivity index is 1.44. The van der Waals surface area contributed by atoms with Crippen molar-refractivity contribution in [2.75, 3.05) is 0 Å². The Morgan fingerprint density at radius 3 is 2.24 bits per heavy atom. The quantitative estimate of drug-likeness (QED) is 0.792. The van der Waals surface area contributed by atoms with Gasteiger partial charge in [0.1, 0.15) is 6.10 Å². The first kappa shape index (κ1) is 11.9. The normalized spacial score (nSPS) is 63.1. The molecule has 0 aromatic heterocycles. The second-order valence-electron chi connectivity index (χ2n) is 8.81. The summed E-state index contributed by atoms with van der Waals surface area (Å²) in [5, 5.41) is 10.6. The van der Waals surface area contributed by atoms with E-state index in [-0.39, 0.29) is 29.7 Å². The van der Waals surface area contributed by atoms with Gasteiger partial charge in [0.05, 0.1) is 24.2 Å². The highest BCUT2D eigenvalue weighted by Gasteiger charge is 2.69. The van der Waals surface area contributed by atoms with Gasteiger partial charge in [0.15, 0.2) is 0 Å². The minimum Gasteiger partial charge on any atom is -0.388 e. The molecule has 7 rings (SSSR count). The molecule has 0 radical (unpaired) electrons. The molecule has 4 nitrogen and oxygen atoms in total. The number of aliphatic hydroxyl groups is 1. The van der Waals surface area contributed by atoms with Gasteiger partial charge < -0.3 is 14.7 Å². The number of aliphatic hydroxyl groups excluding tert-OH is 1. The fourth-order valence-electron chi connectivity index (χ4n) is 7.47. The van der Waals surface area contributed by atoms with E-state index in [1.807, 2.05) is 0 Å². The number of carbonyl (C=O) groups is 1. The molecule has 3 aliphatic heterocycles. The summed E-state index contributed by atoms with van der Waals surface area (Å²) in [5.41, 5.74) is 0.0765. The van der Waals surface area contributed by atoms with Gasteiger partial charge in [0.2, 0.25) is 5.91 Å². The maximum absolute atomic E-state index is 13.0. The van der Waals surface area contributed by atoms with Gasteiger partial charge in [-0.25, -0.2) is 0 Å². The van der Waals surface area contributed by atoms with E-state index in [0.29, 0.717) is 5.91 Å². The molecule has 7 aliphatic rings. The van der Waals surface area contributed by atoms with Gasteiger partial charge in [-0.05, 0) is 62.7 Å². The van der Waals surface area contributed by atoms with Crippen LogP contribution in [-0.4, -0.2) is 45.8 Å². The van der Waals surface area contributed by atoms with E-state index in [4.69, 9.17) is 4.74 Å². The van der Waals surface area contributed by atoms with Crippen molar-refractivity contribution < 1.29 is 14.6 Å². The Kier molecular flexibility index (Phi) is 1.97. The molecule has 3 heterocycles. The molecule has 5 atom stereocenters. The second-order valence-corrected chi connectivity index (χ2v) is 8.81. The molecule has 5 unspecified atom stereocenters. The molecular formula is C17H23NO3. The molecule has 4 saturated carbocycles. The third-order valence-electron chi connectivity index (χ3n) is 7.65. The van der Waals surface area contributed by atoms with Crippen LogP contribution in [0.5, 0.6) is 0 Å². The molecule has 4 heteroatoms. The lowest BCUT2D eigenvalue weighted by molar-refractivity contribution is -0.153. The molecule has 3 saturated heterocycles. The smallest absolute Gasteiger partial charge is 0.229 e. The minimum atomic E-state index is -0.439. The maximum atomic E-state index is 13.0. The predicted octanol–water partition coefficient (Wildman–Crippen LogP) is 1.31. The van der Waals surface area contributed by atoms with Crippen molar-refractivity contribution >= 4 is 5.91 Å². The summed E-state index contributed by atoms with van der Waals surface area (Å²) in [5.74, 6) is 2.86. The van der Waals surface area contributed by atoms with Gasteiger partial charge in [-0.1, -0.05) is 0 Å². The lowest BCUT2D eigenvalue weighted by Gasteiger charge is -2.60. The lowest BCUT2D eigenvalue weighted by atomic mass is 9.52. The molecule has 6 bridgehead atoms. The van der Waals surface area contributed by atoms with Crippen molar-refractivity contribution in [3.05, 3.63) is 0 Å². The second kappa shape index (κ2) is 3.48. The molecule has 0 aromatic rings. The number of amides is 1. The van der Waals surface area contributed by atoms with Crippen LogP contribution in [0.1, 0.15) is 44.9 Å². The number of hydrogen-bond acceptors (Lipinski definition) is 3. The highest BCUT2D eigenvalue weighted by atomic mass is 16.5. The van der Waals surface area contributed by atoms with Crippen LogP contribution in [0.2, 0.25) is 0 Å². The zero-order valence-corrected chi connectivity index (χ0v) is 12.3. The van der Waals surface area contributed by atoms with Crippen molar-refractivity contribution in [1.82, 2.24) is 4.90 Å². The molecule has 1 N–H and O–H groups in total. The van der Waals surface area contributed by atoms with E-state index in [1.165, 1.54) is 38.5 Å². The molecule has 7 fully saturated rings. The Bertz CT molecular complexity index is 497. The van der Waals surface area contributed by atoms with Crippen LogP contribution in [-0.2, 0) is 9.53 Å². The van der Waals surface area contributed by atoms with Crippen LogP contribution in [0.25, 0.3) is 0 Å². The topological polar surface area (TPSA) is 49.8 Å². The molecule has 0 spiro atoms. The van der Waals surface area contributed by atoms with Gasteiger partial charge in [-0.15, -0.1) is 0 Å². The van der Waals surface area contributed by atoms with Crippen LogP contribution >= 0.6 is 0 Å². The van der Waals surface area contributed by atoms with Crippen LogP contribution in [0.4, 0.5) is 0 Å². The third-order valence-corrected chi connectivity index (χ3v) is 7.65. The molecule has 1 amide bonds. The maximum Gasteiger partial charge on any atom is 0.229 e. The Morgan fingerprint density at radius 2 is 1.67 bits per heavy atom. The van der Waals surface area contributed by atoms with Crippen molar-refractivity contribution in [1.29, 1.82) is 0 Å². The number of fused-ring (bicyclic) bond motifs is 1. The SMILES string of the molecule is O=C1C2CC3OC2C(C3O)N1C12CC3CC(CC(C3)C1)C2. The van der Waals surface area contributed by atoms with Gasteiger partial charge in [-0.2, -0.15) is 0 Å². The number of nitrogens with zero attached hydrogens (tertiary/aromatic N) is 1. The van der Waals surface area contributed by atoms with Crippen LogP contribution < -0.4 is 0 Å². The standard InChI is InChI=1S/C17H23NO3/c19-14-12-4-11-15(21-12)13(14)18(16(11)20)17-5-8-1-9(6-17)3-10(2-8)7-17/h8-15,19H,1-7H2. The van der Waals surface area contributed by atoms with Gasteiger partial charge in [0.25, 0.3) is 0 Å². The van der Waals surface area contributed by atoms with E-state index >= 15 is 0 Å². The zero-order valence-electron chi connectivity index (χ0n) is 12.3. The van der Waals surface area contributed by atoms with E-state index in [0.717, 1.165) is 24.2 Å². The fourth-order valence-corrected chi connectivity index (χ4v) is 7.47. The molecule has 114 valence electrons. The van der Waals surface area contributed by atoms with Gasteiger partial charge in [-0.3, -0.25) is 4.79 Å². The first-order valence-corrected chi connectivity index (χ1v) is 8.81. The molecule has 4 aliphatic carbocycles. The highest BCUT2D eigenvalue weighted by Crippen LogP contribution is 2.61. The number of likely N-dealkylation sites (tertiary alicyclic amines) is 1. The fraction of sp³-hybridized carbons (Fsp3) is 0.941. The summed E-state index contributed by atoms with van der Waals surface area (Å²) in [6.45, 7) is 0. The van der Waals surface area contributed by atoms with Crippen LogP contribution in [0, 0.1) is 23.7 Å². The first-order chi connectivity index (χ1) is 10.1. The average molecular weight is 289 g/mol. The summed E-state index contributed by atoms with van der Waals surface area (Å²) < 4.78 is 5.92. The van der Waals surface area contributed by atoms with Crippen LogP contribution in [0.3, 0.4) is 0 Å². The number of hydrogen-bond donors (Lipinski definition) is 1. The summed E-state index contributed by atoms with van der Waals surface area (Å²) in [4.78, 5) is 15.2. The highest BCUT2D eigenvalue weighted by molar-refractivity contribution is 5.85. The van der Waals surface area contributed by atoms with Crippen molar-refractivity contribution in [2.24, 2.45) is 23.7 Å². The van der Waals surface area contributed by atoms with Crippen LogP contribution in [0.15, 0.2) is 0 Å². The van der Waals surface area contributed by atoms with E-state index in [2.05, 4.69) is 4.90 Å². The van der Waals surface area contributed by atoms with E-state index < -0.39 is 6.10 Å². The molecular weight excluding hydrogens is 266 g/mol. The lowest BCUT2D eigenvalue weighted by Crippen LogP contribution is -2.64. The van der Waals surface area contributed by atoms with Crippen molar-refractivity contribution in [2.45, 2.75) is 74.8 Å². The van der Waals surface area contributed by atoms with E-state index in [9.17, 15) is 9.90 Å². The zero-order chi connectivity index (χ0) is 13.9. The summed E-state index contributed by atoms with van der Waals surface area (Å²) >= 11 is 0. The average Bonchev–Trinajstić information content (AvgIpc) is 3.01. The molecule has 21 heavy (non-hydrogen) atoms. The summed E-state index contributed by atoms with van der Waals surface area (Å²) in [6, 6.07) is -0.0301. The predicted molar refractivity (Wildman–Crippen MR) is 74.3 cm³/mol. The Morgan fingerprint density at radius 1 is 1.05 bits per heavy atom. The number of carbonyl (C=O) groups excluding carboxylic acids is 1. The third kappa shape index (κ3) is 1.25. The largest absolute Gasteiger partial charge is 0.388 e. The van der Waals surface area contributed by atoms with Gasteiger partial charge >= 0.3 is 0 Å². The number of rotatable bonds is 1. The van der Waals surface area contributed by atoms with Crippen molar-refractivity contribution in [3.8, 4) is 0 Å². The minimum absolute atomic E-state index is 0.00879. The summed E-state index contributed by atoms with van der Waals surface area (Å²) in [6.07, 6.45) is 7.98.